The number of nitrogens with one attached hydrogen (secondary N) is 3. The molecule has 0 amide bonds. The number of aromatic amines is 1. The molecule has 0 fully saturated rings. The van der Waals surface area contributed by atoms with Gasteiger partial charge in [-0.05, 0) is 48.7 Å². The van der Waals surface area contributed by atoms with E-state index in [4.69, 9.17) is 5.73 Å². The van der Waals surface area contributed by atoms with E-state index in [1.54, 1.807) is 13.0 Å². The molecule has 0 atom stereocenters. The van der Waals surface area contributed by atoms with Gasteiger partial charge in [0.15, 0.2) is 0 Å². The third-order valence-corrected chi connectivity index (χ3v) is 3.78. The van der Waals surface area contributed by atoms with Crippen molar-refractivity contribution in [1.82, 2.24) is 20.5 Å². The van der Waals surface area contributed by atoms with Crippen LogP contribution in [0.3, 0.4) is 0 Å². The average Bonchev–Trinajstić information content (AvgIpc) is 2.92. The molecule has 0 spiro atoms. The summed E-state index contributed by atoms with van der Waals surface area (Å²) in [6.07, 6.45) is -2.08. The molecule has 5 N–H and O–H groups in total. The second-order valence-corrected chi connectivity index (χ2v) is 5.57. The number of hydrogen-bond acceptors (Lipinski definition) is 5. The molecular weight excluding hydrogens is 321 g/mol. The number of nitrogens with zero attached hydrogens (tertiary/aromatic N) is 2. The smallest absolute Gasteiger partial charge is 0.368 e. The quantitative estimate of drug-likeness (QED) is 0.691. The van der Waals surface area contributed by atoms with Crippen LogP contribution in [0.5, 0.6) is 0 Å². The van der Waals surface area contributed by atoms with Crippen LogP contribution in [-0.2, 0) is 6.18 Å². The number of anilines is 3. The van der Waals surface area contributed by atoms with Crippen LogP contribution >= 0.6 is 0 Å². The molecule has 0 unspecified atom stereocenters. The molecular formula is C15H17F3N6. The van der Waals surface area contributed by atoms with Crippen LogP contribution in [0.2, 0.25) is 0 Å². The highest BCUT2D eigenvalue weighted by Crippen LogP contribution is 2.40. The molecule has 0 radical (unpaired) electrons. The van der Waals surface area contributed by atoms with Gasteiger partial charge in [-0.3, -0.25) is 0 Å². The largest absolute Gasteiger partial charge is 0.417 e. The van der Waals surface area contributed by atoms with Crippen LogP contribution < -0.4 is 16.4 Å². The number of hydrogen-bond donors (Lipinski definition) is 4. The maximum absolute atomic E-state index is 13.6. The predicted molar refractivity (Wildman–Crippen MR) is 85.7 cm³/mol. The van der Waals surface area contributed by atoms with Gasteiger partial charge in [0.1, 0.15) is 0 Å². The van der Waals surface area contributed by atoms with Crippen molar-refractivity contribution in [2.75, 3.05) is 24.1 Å². The van der Waals surface area contributed by atoms with Crippen molar-refractivity contribution in [3.8, 4) is 0 Å². The molecule has 24 heavy (non-hydrogen) atoms. The van der Waals surface area contributed by atoms with Gasteiger partial charge in [0.05, 0.1) is 5.56 Å². The topological polar surface area (TPSA) is 91.7 Å². The summed E-state index contributed by atoms with van der Waals surface area (Å²) in [5, 5.41) is 12.0. The number of nitrogen functional groups attached to an aromatic ring is 1. The molecule has 6 nitrogen and oxygen atoms in total. The molecule has 2 heterocycles. The minimum Gasteiger partial charge on any atom is -0.368 e. The van der Waals surface area contributed by atoms with Gasteiger partial charge in [0.2, 0.25) is 11.9 Å². The maximum atomic E-state index is 13.6. The first-order valence-corrected chi connectivity index (χ1v) is 7.41. The van der Waals surface area contributed by atoms with Crippen LogP contribution in [0.4, 0.5) is 30.8 Å². The monoisotopic (exact) mass is 338 g/mol. The van der Waals surface area contributed by atoms with E-state index in [9.17, 15) is 13.2 Å². The first kappa shape index (κ1) is 16.3. The normalized spacial score (nSPS) is 15.2. The Bertz CT molecular complexity index is 778. The summed E-state index contributed by atoms with van der Waals surface area (Å²) in [7, 11) is 0. The van der Waals surface area contributed by atoms with Crippen LogP contribution in [0, 0.1) is 6.92 Å². The van der Waals surface area contributed by atoms with Gasteiger partial charge in [-0.15, -0.1) is 5.10 Å². The third kappa shape index (κ3) is 3.35. The summed E-state index contributed by atoms with van der Waals surface area (Å²) in [4.78, 5) is 3.84. The molecule has 1 aromatic carbocycles. The fourth-order valence-corrected chi connectivity index (χ4v) is 2.82. The number of aryl methyl sites for hydroxylation is 1. The number of rotatable bonds is 3. The van der Waals surface area contributed by atoms with E-state index in [1.807, 2.05) is 6.08 Å². The molecule has 3 rings (SSSR count). The number of nitrogens with two attached hydrogens (primary N) is 1. The van der Waals surface area contributed by atoms with Crippen molar-refractivity contribution in [2.24, 2.45) is 0 Å². The van der Waals surface area contributed by atoms with Gasteiger partial charge >= 0.3 is 6.18 Å². The Hall–Kier alpha value is -2.55. The number of H-pyrrole nitrogens is 1. The Kier molecular flexibility index (Phi) is 4.18. The van der Waals surface area contributed by atoms with Crippen LogP contribution in [0.1, 0.15) is 23.1 Å². The van der Waals surface area contributed by atoms with Crippen molar-refractivity contribution < 1.29 is 13.2 Å². The first-order chi connectivity index (χ1) is 11.3. The minimum atomic E-state index is -4.46. The summed E-state index contributed by atoms with van der Waals surface area (Å²) in [6.45, 7) is 2.91. The number of alkyl halides is 3. The van der Waals surface area contributed by atoms with Crippen molar-refractivity contribution in [1.29, 1.82) is 0 Å². The highest BCUT2D eigenvalue weighted by Gasteiger charge is 2.35. The van der Waals surface area contributed by atoms with Gasteiger partial charge in [0.25, 0.3) is 0 Å². The highest BCUT2D eigenvalue weighted by molar-refractivity contribution is 5.75. The number of benzene rings is 1. The molecule has 1 aromatic heterocycles. The lowest BCUT2D eigenvalue weighted by atomic mass is 9.90. The Balaban J connectivity index is 2.05. The predicted octanol–water partition coefficient (Wildman–Crippen LogP) is 2.83. The van der Waals surface area contributed by atoms with Crippen molar-refractivity contribution in [3.05, 3.63) is 34.9 Å². The van der Waals surface area contributed by atoms with E-state index in [0.717, 1.165) is 6.07 Å². The van der Waals surface area contributed by atoms with Gasteiger partial charge in [-0.2, -0.15) is 18.2 Å². The minimum absolute atomic E-state index is 0.0850. The Morgan fingerprint density at radius 1 is 1.29 bits per heavy atom. The molecule has 0 bridgehead atoms. The summed E-state index contributed by atoms with van der Waals surface area (Å²) in [6, 6.07) is 2.73. The second kappa shape index (κ2) is 6.16. The van der Waals surface area contributed by atoms with Crippen LogP contribution in [0.15, 0.2) is 18.2 Å². The summed E-state index contributed by atoms with van der Waals surface area (Å²) in [5.74, 6) is 0.204. The van der Waals surface area contributed by atoms with Crippen LogP contribution in [-0.4, -0.2) is 28.3 Å². The van der Waals surface area contributed by atoms with Crippen molar-refractivity contribution in [3.63, 3.8) is 0 Å². The molecule has 0 saturated heterocycles. The van der Waals surface area contributed by atoms with Gasteiger partial charge in [-0.25, -0.2) is 5.10 Å². The zero-order valence-electron chi connectivity index (χ0n) is 13.0. The molecule has 1 aliphatic heterocycles. The van der Waals surface area contributed by atoms with E-state index < -0.39 is 11.7 Å². The number of halogens is 3. The summed E-state index contributed by atoms with van der Waals surface area (Å²) in [5.41, 5.74) is 6.53. The van der Waals surface area contributed by atoms with Gasteiger partial charge in [0, 0.05) is 12.2 Å². The Labute approximate surface area is 136 Å². The zero-order valence-corrected chi connectivity index (χ0v) is 13.0. The molecule has 128 valence electrons. The van der Waals surface area contributed by atoms with Crippen molar-refractivity contribution in [2.45, 2.75) is 19.5 Å². The fourth-order valence-electron chi connectivity index (χ4n) is 2.82. The molecule has 0 aliphatic carbocycles. The zero-order chi connectivity index (χ0) is 17.3. The Morgan fingerprint density at radius 3 is 2.67 bits per heavy atom. The summed E-state index contributed by atoms with van der Waals surface area (Å²) < 4.78 is 40.7. The molecule has 9 heteroatoms. The van der Waals surface area contributed by atoms with Gasteiger partial charge in [-0.1, -0.05) is 6.08 Å². The van der Waals surface area contributed by atoms with Crippen LogP contribution in [0.25, 0.3) is 5.57 Å². The average molecular weight is 338 g/mol. The maximum Gasteiger partial charge on any atom is 0.417 e. The molecule has 0 saturated carbocycles. The molecule has 1 aliphatic rings. The van der Waals surface area contributed by atoms with E-state index in [0.29, 0.717) is 30.6 Å². The molecule has 2 aromatic rings. The SMILES string of the molecule is Cc1cc(Nc2n[nH]c(N)n2)cc(C(F)(F)F)c1C1=CCNCC1. The third-order valence-electron chi connectivity index (χ3n) is 3.78. The fraction of sp³-hybridized carbons (Fsp3) is 0.333. The Morgan fingerprint density at radius 2 is 2.08 bits per heavy atom. The lowest BCUT2D eigenvalue weighted by Crippen LogP contribution is -2.21. The van der Waals surface area contributed by atoms with E-state index in [2.05, 4.69) is 25.8 Å². The lowest BCUT2D eigenvalue weighted by Gasteiger charge is -2.22. The van der Waals surface area contributed by atoms with E-state index in [1.165, 1.54) is 0 Å². The van der Waals surface area contributed by atoms with Gasteiger partial charge < -0.3 is 16.4 Å². The van der Waals surface area contributed by atoms with E-state index >= 15 is 0 Å². The van der Waals surface area contributed by atoms with Crippen molar-refractivity contribution >= 4 is 23.2 Å². The first-order valence-electron chi connectivity index (χ1n) is 7.41. The second-order valence-electron chi connectivity index (χ2n) is 5.57. The highest BCUT2D eigenvalue weighted by atomic mass is 19.4. The lowest BCUT2D eigenvalue weighted by molar-refractivity contribution is -0.137. The summed E-state index contributed by atoms with van der Waals surface area (Å²) >= 11 is 0. The standard InChI is InChI=1S/C15H17F3N6/c1-8-6-10(21-14-22-13(19)23-24-14)7-11(15(16,17)18)12(8)9-2-4-20-5-3-9/h2,6-7,20H,3-5H2,1H3,(H4,19,21,22,23,24). The number of aromatic nitrogens is 3. The van der Waals surface area contributed by atoms with E-state index in [-0.39, 0.29) is 23.1 Å².